The third kappa shape index (κ3) is 2.70. The predicted molar refractivity (Wildman–Crippen MR) is 67.3 cm³/mol. The fourth-order valence-corrected chi connectivity index (χ4v) is 3.13. The Labute approximate surface area is 107 Å². The van der Waals surface area contributed by atoms with Crippen LogP contribution in [0.3, 0.4) is 0 Å². The molecule has 1 heterocycles. The SMILES string of the molecule is CC1NCCC1C(=O)NS(=O)(=O)c1ccccc1. The minimum Gasteiger partial charge on any atom is -0.313 e. The summed E-state index contributed by atoms with van der Waals surface area (Å²) in [5.74, 6) is -0.722. The lowest BCUT2D eigenvalue weighted by Crippen LogP contribution is -2.39. The molecular formula is C12H16N2O3S. The summed E-state index contributed by atoms with van der Waals surface area (Å²) in [6, 6.07) is 7.91. The van der Waals surface area contributed by atoms with Gasteiger partial charge < -0.3 is 5.32 Å². The molecule has 1 amide bonds. The molecule has 1 aromatic carbocycles. The highest BCUT2D eigenvalue weighted by Crippen LogP contribution is 2.16. The summed E-state index contributed by atoms with van der Waals surface area (Å²) in [5.41, 5.74) is 0. The maximum absolute atomic E-state index is 12.0. The van der Waals surface area contributed by atoms with Crippen LogP contribution in [0.2, 0.25) is 0 Å². The van der Waals surface area contributed by atoms with Gasteiger partial charge in [-0.15, -0.1) is 0 Å². The maximum Gasteiger partial charge on any atom is 0.264 e. The fourth-order valence-electron chi connectivity index (χ4n) is 2.08. The minimum atomic E-state index is -3.75. The molecule has 1 aliphatic heterocycles. The van der Waals surface area contributed by atoms with Gasteiger partial charge in [-0.2, -0.15) is 0 Å². The van der Waals surface area contributed by atoms with Crippen LogP contribution in [0, 0.1) is 5.92 Å². The molecule has 2 rings (SSSR count). The largest absolute Gasteiger partial charge is 0.313 e. The number of carbonyl (C=O) groups excluding carboxylic acids is 1. The van der Waals surface area contributed by atoms with Crippen LogP contribution in [0.25, 0.3) is 0 Å². The number of hydrogen-bond donors (Lipinski definition) is 2. The molecule has 2 atom stereocenters. The first-order valence-corrected chi connectivity index (χ1v) is 7.34. The molecule has 2 unspecified atom stereocenters. The van der Waals surface area contributed by atoms with E-state index in [1.165, 1.54) is 12.1 Å². The summed E-state index contributed by atoms with van der Waals surface area (Å²) in [6.07, 6.45) is 0.664. The normalized spacial score (nSPS) is 23.8. The molecule has 0 aromatic heterocycles. The summed E-state index contributed by atoms with van der Waals surface area (Å²) in [6.45, 7) is 2.62. The second-order valence-corrected chi connectivity index (χ2v) is 6.10. The summed E-state index contributed by atoms with van der Waals surface area (Å²) in [4.78, 5) is 12.0. The van der Waals surface area contributed by atoms with Crippen molar-refractivity contribution >= 4 is 15.9 Å². The first-order valence-electron chi connectivity index (χ1n) is 5.86. The van der Waals surface area contributed by atoms with Crippen molar-refractivity contribution in [3.05, 3.63) is 30.3 Å². The van der Waals surface area contributed by atoms with Gasteiger partial charge in [-0.1, -0.05) is 18.2 Å². The molecule has 0 saturated carbocycles. The first kappa shape index (κ1) is 13.0. The zero-order valence-corrected chi connectivity index (χ0v) is 10.9. The maximum atomic E-state index is 12.0. The standard InChI is InChI=1S/C12H16N2O3S/c1-9-11(7-8-13-9)12(15)14-18(16,17)10-5-3-2-4-6-10/h2-6,9,11,13H,7-8H2,1H3,(H,14,15). The second-order valence-electron chi connectivity index (χ2n) is 4.42. The van der Waals surface area contributed by atoms with E-state index in [2.05, 4.69) is 10.0 Å². The van der Waals surface area contributed by atoms with Crippen molar-refractivity contribution in [1.29, 1.82) is 0 Å². The lowest BCUT2D eigenvalue weighted by atomic mass is 10.0. The van der Waals surface area contributed by atoms with Crippen LogP contribution < -0.4 is 10.0 Å². The molecule has 1 aliphatic rings. The van der Waals surface area contributed by atoms with Gasteiger partial charge in [0.2, 0.25) is 5.91 Å². The molecule has 0 spiro atoms. The van der Waals surface area contributed by atoms with Crippen LogP contribution in [0.5, 0.6) is 0 Å². The van der Waals surface area contributed by atoms with E-state index in [9.17, 15) is 13.2 Å². The molecule has 2 N–H and O–H groups in total. The van der Waals surface area contributed by atoms with E-state index in [0.717, 1.165) is 6.54 Å². The Kier molecular flexibility index (Phi) is 3.68. The van der Waals surface area contributed by atoms with Gasteiger partial charge in [-0.05, 0) is 32.0 Å². The van der Waals surface area contributed by atoms with E-state index in [1.54, 1.807) is 18.2 Å². The van der Waals surface area contributed by atoms with Gasteiger partial charge in [-0.25, -0.2) is 13.1 Å². The second kappa shape index (κ2) is 5.07. The molecule has 1 aromatic rings. The fraction of sp³-hybridized carbons (Fsp3) is 0.417. The molecular weight excluding hydrogens is 252 g/mol. The smallest absolute Gasteiger partial charge is 0.264 e. The topological polar surface area (TPSA) is 75.3 Å². The Morgan fingerprint density at radius 3 is 2.56 bits per heavy atom. The van der Waals surface area contributed by atoms with Crippen LogP contribution in [0.1, 0.15) is 13.3 Å². The Morgan fingerprint density at radius 1 is 1.33 bits per heavy atom. The Hall–Kier alpha value is -1.40. The van der Waals surface area contributed by atoms with E-state index >= 15 is 0 Å². The van der Waals surface area contributed by atoms with Crippen LogP contribution in [0.4, 0.5) is 0 Å². The van der Waals surface area contributed by atoms with E-state index in [4.69, 9.17) is 0 Å². The number of carbonyl (C=O) groups is 1. The Morgan fingerprint density at radius 2 is 2.00 bits per heavy atom. The van der Waals surface area contributed by atoms with E-state index < -0.39 is 15.9 Å². The molecule has 0 aliphatic carbocycles. The summed E-state index contributed by atoms with van der Waals surface area (Å²) in [5, 5.41) is 3.12. The van der Waals surface area contributed by atoms with Crippen molar-refractivity contribution in [2.75, 3.05) is 6.54 Å². The van der Waals surface area contributed by atoms with Crippen molar-refractivity contribution in [2.24, 2.45) is 5.92 Å². The van der Waals surface area contributed by atoms with Gasteiger partial charge in [0.25, 0.3) is 10.0 Å². The highest BCUT2D eigenvalue weighted by molar-refractivity contribution is 7.90. The van der Waals surface area contributed by atoms with Crippen molar-refractivity contribution < 1.29 is 13.2 Å². The van der Waals surface area contributed by atoms with Crippen LogP contribution in [-0.2, 0) is 14.8 Å². The third-order valence-corrected chi connectivity index (χ3v) is 4.51. The van der Waals surface area contributed by atoms with Crippen molar-refractivity contribution in [2.45, 2.75) is 24.3 Å². The van der Waals surface area contributed by atoms with Crippen molar-refractivity contribution in [3.63, 3.8) is 0 Å². The predicted octanol–water partition coefficient (Wildman–Crippen LogP) is 0.489. The number of benzene rings is 1. The number of nitrogens with one attached hydrogen (secondary N) is 2. The van der Waals surface area contributed by atoms with Gasteiger partial charge >= 0.3 is 0 Å². The van der Waals surface area contributed by atoms with Crippen LogP contribution in [0.15, 0.2) is 35.2 Å². The van der Waals surface area contributed by atoms with E-state index in [0.29, 0.717) is 6.42 Å². The number of sulfonamides is 1. The van der Waals surface area contributed by atoms with Crippen LogP contribution in [-0.4, -0.2) is 26.9 Å². The average molecular weight is 268 g/mol. The van der Waals surface area contributed by atoms with Gasteiger partial charge in [0.15, 0.2) is 0 Å². The monoisotopic (exact) mass is 268 g/mol. The zero-order valence-electron chi connectivity index (χ0n) is 10.1. The number of amides is 1. The molecule has 5 nitrogen and oxygen atoms in total. The summed E-state index contributed by atoms with van der Waals surface area (Å²) in [7, 11) is -3.75. The molecule has 1 saturated heterocycles. The van der Waals surface area contributed by atoms with Crippen molar-refractivity contribution in [3.8, 4) is 0 Å². The quantitative estimate of drug-likeness (QED) is 0.836. The molecule has 18 heavy (non-hydrogen) atoms. The highest BCUT2D eigenvalue weighted by atomic mass is 32.2. The molecule has 0 bridgehead atoms. The van der Waals surface area contributed by atoms with Gasteiger partial charge in [0, 0.05) is 6.04 Å². The van der Waals surface area contributed by atoms with Gasteiger partial charge in [0.1, 0.15) is 0 Å². The van der Waals surface area contributed by atoms with E-state index in [1.807, 2.05) is 6.92 Å². The number of hydrogen-bond acceptors (Lipinski definition) is 4. The summed E-state index contributed by atoms with van der Waals surface area (Å²) < 4.78 is 26.0. The first-order chi connectivity index (χ1) is 8.50. The minimum absolute atomic E-state index is 0.0102. The summed E-state index contributed by atoms with van der Waals surface area (Å²) >= 11 is 0. The Balaban J connectivity index is 2.12. The molecule has 0 radical (unpaired) electrons. The average Bonchev–Trinajstić information content (AvgIpc) is 2.76. The molecule has 6 heteroatoms. The number of rotatable bonds is 3. The van der Waals surface area contributed by atoms with E-state index in [-0.39, 0.29) is 16.9 Å². The molecule has 1 fully saturated rings. The highest BCUT2D eigenvalue weighted by Gasteiger charge is 2.31. The third-order valence-electron chi connectivity index (χ3n) is 3.15. The molecule has 98 valence electrons. The van der Waals surface area contributed by atoms with Crippen molar-refractivity contribution in [1.82, 2.24) is 10.0 Å². The Bertz CT molecular complexity index is 528. The lowest BCUT2D eigenvalue weighted by Gasteiger charge is -2.15. The zero-order chi connectivity index (χ0) is 13.2. The lowest BCUT2D eigenvalue weighted by molar-refractivity contribution is -0.123. The van der Waals surface area contributed by atoms with Gasteiger partial charge in [0.05, 0.1) is 10.8 Å². The van der Waals surface area contributed by atoms with Crippen LogP contribution >= 0.6 is 0 Å². The van der Waals surface area contributed by atoms with Gasteiger partial charge in [-0.3, -0.25) is 4.79 Å².